The number of benzene rings is 3. The van der Waals surface area contributed by atoms with Gasteiger partial charge in [0, 0.05) is 31.3 Å². The smallest absolute Gasteiger partial charge is 0.206 e. The second kappa shape index (κ2) is 8.47. The van der Waals surface area contributed by atoms with Crippen LogP contribution >= 0.6 is 0 Å². The molecular weight excluding hydrogens is 381 g/mol. The lowest BCUT2D eigenvalue weighted by Crippen LogP contribution is -2.25. The Balaban J connectivity index is 1.72. The molecule has 0 aliphatic rings. The van der Waals surface area contributed by atoms with Gasteiger partial charge in [0.15, 0.2) is 5.78 Å². The Kier molecular flexibility index (Phi) is 5.59. The van der Waals surface area contributed by atoms with Gasteiger partial charge in [0.1, 0.15) is 12.4 Å². The molecule has 0 unspecified atom stereocenters. The highest BCUT2D eigenvalue weighted by Crippen LogP contribution is 2.25. The van der Waals surface area contributed by atoms with Gasteiger partial charge in [-0.2, -0.15) is 0 Å². The maximum Gasteiger partial charge on any atom is 0.206 e. The molecule has 6 heteroatoms. The lowest BCUT2D eigenvalue weighted by Gasteiger charge is -2.24. The summed E-state index contributed by atoms with van der Waals surface area (Å²) in [4.78, 5) is 18.5. The zero-order valence-corrected chi connectivity index (χ0v) is 16.6. The fourth-order valence-electron chi connectivity index (χ4n) is 3.56. The summed E-state index contributed by atoms with van der Waals surface area (Å²) >= 11 is 0. The number of hydrogen-bond donors (Lipinski definition) is 1. The molecule has 0 aliphatic carbocycles. The minimum atomic E-state index is -0.640. The lowest BCUT2D eigenvalue weighted by molar-refractivity contribution is 0.0903. The van der Waals surface area contributed by atoms with Crippen LogP contribution in [0.15, 0.2) is 72.8 Å². The van der Waals surface area contributed by atoms with Crippen LogP contribution in [-0.4, -0.2) is 27.0 Å². The third kappa shape index (κ3) is 3.95. The predicted octanol–water partition coefficient (Wildman–Crippen LogP) is 4.09. The molecule has 1 aromatic heterocycles. The molecule has 152 valence electrons. The molecule has 4 aromatic rings. The first-order valence-electron chi connectivity index (χ1n) is 9.69. The Bertz CT molecular complexity index is 1190. The number of aliphatic hydroxyl groups is 1. The molecule has 0 fully saturated rings. The van der Waals surface area contributed by atoms with Crippen molar-refractivity contribution < 1.29 is 14.3 Å². The minimum absolute atomic E-state index is 0.163. The van der Waals surface area contributed by atoms with Crippen molar-refractivity contribution in [2.24, 2.45) is 7.05 Å². The van der Waals surface area contributed by atoms with Gasteiger partial charge < -0.3 is 14.6 Å². The number of nitrogens with zero attached hydrogens (tertiary/aromatic N) is 3. The highest BCUT2D eigenvalue weighted by atomic mass is 19.1. The number of fused-ring (bicyclic) bond motifs is 1. The molecule has 0 bridgehead atoms. The standard InChI is InChI=1S/C24H22FN3O2/c1-27-22-10-6-5-9-21(22)26-24(27)28(14-17-7-3-2-4-8-17)15-19-12-11-18(13-20(19)25)23(30)16-29/h2-13,29H,14-16H2,1H3. The van der Waals surface area contributed by atoms with Crippen molar-refractivity contribution in [1.29, 1.82) is 0 Å². The summed E-state index contributed by atoms with van der Waals surface area (Å²) in [6.07, 6.45) is 0. The molecule has 0 saturated heterocycles. The van der Waals surface area contributed by atoms with Crippen LogP contribution in [0.1, 0.15) is 21.5 Å². The molecule has 0 aliphatic heterocycles. The summed E-state index contributed by atoms with van der Waals surface area (Å²) in [5, 5.41) is 9.02. The molecule has 0 spiro atoms. The zero-order chi connectivity index (χ0) is 21.1. The van der Waals surface area contributed by atoms with E-state index in [1.54, 1.807) is 12.1 Å². The molecule has 1 N–H and O–H groups in total. The summed E-state index contributed by atoms with van der Waals surface area (Å²) in [5.74, 6) is -0.252. The summed E-state index contributed by atoms with van der Waals surface area (Å²) in [6.45, 7) is 0.193. The van der Waals surface area contributed by atoms with Gasteiger partial charge in [-0.25, -0.2) is 9.37 Å². The van der Waals surface area contributed by atoms with E-state index in [0.717, 1.165) is 22.5 Å². The SMILES string of the molecule is Cn1c(N(Cc2ccccc2)Cc2ccc(C(=O)CO)cc2F)nc2ccccc21. The van der Waals surface area contributed by atoms with Crippen molar-refractivity contribution in [3.63, 3.8) is 0 Å². The Morgan fingerprint density at radius 2 is 1.77 bits per heavy atom. The van der Waals surface area contributed by atoms with E-state index in [-0.39, 0.29) is 12.1 Å². The third-order valence-corrected chi connectivity index (χ3v) is 5.14. The summed E-state index contributed by atoms with van der Waals surface area (Å²) in [7, 11) is 1.95. The van der Waals surface area contributed by atoms with Crippen LogP contribution < -0.4 is 4.90 Å². The average Bonchev–Trinajstić information content (AvgIpc) is 3.11. The van der Waals surface area contributed by atoms with Crippen LogP contribution in [0.5, 0.6) is 0 Å². The Morgan fingerprint density at radius 3 is 2.47 bits per heavy atom. The van der Waals surface area contributed by atoms with Crippen LogP contribution in [0, 0.1) is 5.82 Å². The van der Waals surface area contributed by atoms with Crippen molar-refractivity contribution in [3.8, 4) is 0 Å². The molecule has 30 heavy (non-hydrogen) atoms. The van der Waals surface area contributed by atoms with Crippen molar-refractivity contribution >= 4 is 22.8 Å². The first-order chi connectivity index (χ1) is 14.6. The number of halogens is 1. The quantitative estimate of drug-likeness (QED) is 0.472. The van der Waals surface area contributed by atoms with Gasteiger partial charge in [-0.05, 0) is 23.8 Å². The molecule has 1 heterocycles. The Hall–Kier alpha value is -3.51. The second-order valence-electron chi connectivity index (χ2n) is 7.19. The van der Waals surface area contributed by atoms with Gasteiger partial charge in [0.2, 0.25) is 5.95 Å². The van der Waals surface area contributed by atoms with Gasteiger partial charge in [-0.15, -0.1) is 0 Å². The zero-order valence-electron chi connectivity index (χ0n) is 16.6. The van der Waals surface area contributed by atoms with Crippen LogP contribution in [0.4, 0.5) is 10.3 Å². The number of aryl methyl sites for hydroxylation is 1. The molecule has 3 aromatic carbocycles. The summed E-state index contributed by atoms with van der Waals surface area (Å²) in [6, 6.07) is 22.1. The number of para-hydroxylation sites is 2. The van der Waals surface area contributed by atoms with Crippen molar-refractivity contribution in [1.82, 2.24) is 9.55 Å². The van der Waals surface area contributed by atoms with Crippen LogP contribution in [0.25, 0.3) is 11.0 Å². The van der Waals surface area contributed by atoms with E-state index in [0.29, 0.717) is 12.1 Å². The van der Waals surface area contributed by atoms with E-state index in [9.17, 15) is 9.18 Å². The molecule has 0 radical (unpaired) electrons. The highest BCUT2D eigenvalue weighted by Gasteiger charge is 2.18. The van der Waals surface area contributed by atoms with Gasteiger partial charge in [0.25, 0.3) is 0 Å². The monoisotopic (exact) mass is 403 g/mol. The first kappa shape index (κ1) is 19.8. The van der Waals surface area contributed by atoms with Crippen molar-refractivity contribution in [3.05, 3.63) is 95.3 Å². The van der Waals surface area contributed by atoms with Gasteiger partial charge in [0.05, 0.1) is 11.0 Å². The van der Waals surface area contributed by atoms with Gasteiger partial charge in [-0.3, -0.25) is 4.79 Å². The van der Waals surface area contributed by atoms with E-state index < -0.39 is 18.2 Å². The number of Topliss-reactive ketones (excluding diaryl/α,β-unsaturated/α-hetero) is 1. The third-order valence-electron chi connectivity index (χ3n) is 5.14. The number of anilines is 1. The summed E-state index contributed by atoms with van der Waals surface area (Å²) < 4.78 is 16.8. The maximum atomic E-state index is 14.8. The molecule has 5 nitrogen and oxygen atoms in total. The molecule has 4 rings (SSSR count). The number of carbonyl (C=O) groups is 1. The average molecular weight is 403 g/mol. The normalized spacial score (nSPS) is 11.0. The fourth-order valence-corrected chi connectivity index (χ4v) is 3.56. The molecular formula is C24H22FN3O2. The highest BCUT2D eigenvalue weighted by molar-refractivity contribution is 5.96. The van der Waals surface area contributed by atoms with E-state index >= 15 is 0 Å². The van der Waals surface area contributed by atoms with Gasteiger partial charge in [-0.1, -0.05) is 54.6 Å². The predicted molar refractivity (Wildman–Crippen MR) is 115 cm³/mol. The number of imidazole rings is 1. The van der Waals surface area contributed by atoms with Crippen LogP contribution in [0.2, 0.25) is 0 Å². The van der Waals surface area contributed by atoms with E-state index in [2.05, 4.69) is 0 Å². The van der Waals surface area contributed by atoms with E-state index in [1.165, 1.54) is 6.07 Å². The molecule has 0 saturated carbocycles. The maximum absolute atomic E-state index is 14.8. The van der Waals surface area contributed by atoms with Crippen molar-refractivity contribution in [2.75, 3.05) is 11.5 Å². The molecule has 0 atom stereocenters. The number of aromatic nitrogens is 2. The molecule has 0 amide bonds. The van der Waals surface area contributed by atoms with Gasteiger partial charge >= 0.3 is 0 Å². The van der Waals surface area contributed by atoms with E-state index in [4.69, 9.17) is 10.1 Å². The Morgan fingerprint density at radius 1 is 1.03 bits per heavy atom. The number of ketones is 1. The first-order valence-corrected chi connectivity index (χ1v) is 9.69. The van der Waals surface area contributed by atoms with Crippen LogP contribution in [0.3, 0.4) is 0 Å². The van der Waals surface area contributed by atoms with E-state index in [1.807, 2.05) is 71.1 Å². The second-order valence-corrected chi connectivity index (χ2v) is 7.19. The fraction of sp³-hybridized carbons (Fsp3) is 0.167. The summed E-state index contributed by atoms with van der Waals surface area (Å²) in [5.41, 5.74) is 3.56. The van der Waals surface area contributed by atoms with Crippen LogP contribution in [-0.2, 0) is 20.1 Å². The topological polar surface area (TPSA) is 58.4 Å². The minimum Gasteiger partial charge on any atom is -0.388 e. The largest absolute Gasteiger partial charge is 0.388 e. The lowest BCUT2D eigenvalue weighted by atomic mass is 10.1. The van der Waals surface area contributed by atoms with Crippen molar-refractivity contribution in [2.45, 2.75) is 13.1 Å². The Labute approximate surface area is 174 Å². The number of aliphatic hydroxyl groups excluding tert-OH is 1. The number of carbonyl (C=O) groups excluding carboxylic acids is 1. The number of rotatable bonds is 7. The number of hydrogen-bond acceptors (Lipinski definition) is 4.